The fraction of sp³-hybridized carbons (Fsp3) is 0.500. The van der Waals surface area contributed by atoms with Crippen LogP contribution in [0, 0.1) is 23.0 Å². The highest BCUT2D eigenvalue weighted by Gasteiger charge is 2.10. The molecule has 0 bridgehead atoms. The molecule has 0 heterocycles. The van der Waals surface area contributed by atoms with Gasteiger partial charge in [0.25, 0.3) is 5.69 Å². The first-order chi connectivity index (χ1) is 7.90. The molecule has 1 unspecified atom stereocenters. The molecule has 94 valence electrons. The third kappa shape index (κ3) is 4.03. The van der Waals surface area contributed by atoms with Gasteiger partial charge < -0.3 is 11.1 Å². The van der Waals surface area contributed by atoms with Crippen molar-refractivity contribution in [1.29, 1.82) is 0 Å². The van der Waals surface area contributed by atoms with Gasteiger partial charge in [-0.3, -0.25) is 10.1 Å². The smallest absolute Gasteiger partial charge is 0.271 e. The number of aryl methyl sites for hydroxylation is 1. The van der Waals surface area contributed by atoms with Gasteiger partial charge in [0.1, 0.15) is 0 Å². The molecular formula is C12H19N3O2. The second-order valence-corrected chi connectivity index (χ2v) is 4.60. The molecule has 0 radical (unpaired) electrons. The summed E-state index contributed by atoms with van der Waals surface area (Å²) in [6.45, 7) is 6.54. The number of nitro benzene ring substituents is 1. The number of nitrogens with zero attached hydrogens (tertiary/aromatic N) is 1. The Bertz CT molecular complexity index is 405. The summed E-state index contributed by atoms with van der Waals surface area (Å²) in [5.41, 5.74) is 7.61. The van der Waals surface area contributed by atoms with Crippen LogP contribution in [0.4, 0.5) is 11.4 Å². The Balaban J connectivity index is 2.74. The molecule has 1 atom stereocenters. The molecule has 1 aromatic rings. The Morgan fingerprint density at radius 1 is 1.41 bits per heavy atom. The summed E-state index contributed by atoms with van der Waals surface area (Å²) in [6, 6.07) is 4.99. The van der Waals surface area contributed by atoms with Crippen LogP contribution < -0.4 is 11.1 Å². The number of hydrogen-bond donors (Lipinski definition) is 2. The van der Waals surface area contributed by atoms with Crippen LogP contribution >= 0.6 is 0 Å². The molecule has 0 fully saturated rings. The number of nitrogens with one attached hydrogen (secondary N) is 1. The lowest BCUT2D eigenvalue weighted by atomic mass is 10.1. The van der Waals surface area contributed by atoms with Gasteiger partial charge in [-0.25, -0.2) is 0 Å². The fourth-order valence-electron chi connectivity index (χ4n) is 1.44. The topological polar surface area (TPSA) is 81.2 Å². The first-order valence-corrected chi connectivity index (χ1v) is 5.65. The summed E-state index contributed by atoms with van der Waals surface area (Å²) < 4.78 is 0. The van der Waals surface area contributed by atoms with Crippen LogP contribution in [0.2, 0.25) is 0 Å². The molecule has 0 aliphatic rings. The summed E-state index contributed by atoms with van der Waals surface area (Å²) >= 11 is 0. The van der Waals surface area contributed by atoms with Crippen molar-refractivity contribution in [2.75, 3.05) is 11.9 Å². The number of hydrogen-bond acceptors (Lipinski definition) is 4. The standard InChI is InChI=1S/C12H19N3O2/c1-8(2)12(13)7-14-10-4-9(3)5-11(6-10)15(16)17/h4-6,8,12,14H,7,13H2,1-3H3. The molecule has 3 N–H and O–H groups in total. The first-order valence-electron chi connectivity index (χ1n) is 5.65. The van der Waals surface area contributed by atoms with Crippen LogP contribution in [-0.4, -0.2) is 17.5 Å². The number of benzene rings is 1. The minimum absolute atomic E-state index is 0.0366. The molecule has 0 aliphatic carbocycles. The molecule has 0 spiro atoms. The number of rotatable bonds is 5. The average Bonchev–Trinajstić information content (AvgIpc) is 2.24. The molecule has 5 heteroatoms. The van der Waals surface area contributed by atoms with Crippen LogP contribution in [0.25, 0.3) is 0 Å². The molecule has 5 nitrogen and oxygen atoms in total. The van der Waals surface area contributed by atoms with E-state index >= 15 is 0 Å². The van der Waals surface area contributed by atoms with Crippen molar-refractivity contribution in [2.24, 2.45) is 11.7 Å². The van der Waals surface area contributed by atoms with Crippen molar-refractivity contribution >= 4 is 11.4 Å². The van der Waals surface area contributed by atoms with Gasteiger partial charge in [-0.1, -0.05) is 13.8 Å². The summed E-state index contributed by atoms with van der Waals surface area (Å²) in [6.07, 6.45) is 0. The van der Waals surface area contributed by atoms with Crippen molar-refractivity contribution in [2.45, 2.75) is 26.8 Å². The van der Waals surface area contributed by atoms with E-state index in [9.17, 15) is 10.1 Å². The highest BCUT2D eigenvalue weighted by atomic mass is 16.6. The quantitative estimate of drug-likeness (QED) is 0.608. The second-order valence-electron chi connectivity index (χ2n) is 4.60. The summed E-state index contributed by atoms with van der Waals surface area (Å²) in [7, 11) is 0. The van der Waals surface area contributed by atoms with E-state index in [4.69, 9.17) is 5.73 Å². The molecule has 1 aromatic carbocycles. The summed E-state index contributed by atoms with van der Waals surface area (Å²) in [5, 5.41) is 13.8. The van der Waals surface area contributed by atoms with Crippen molar-refractivity contribution in [3.63, 3.8) is 0 Å². The molecule has 0 aromatic heterocycles. The van der Waals surface area contributed by atoms with Crippen LogP contribution in [0.5, 0.6) is 0 Å². The average molecular weight is 237 g/mol. The zero-order valence-corrected chi connectivity index (χ0v) is 10.4. The Morgan fingerprint density at radius 2 is 2.06 bits per heavy atom. The number of anilines is 1. The SMILES string of the molecule is Cc1cc(NCC(N)C(C)C)cc([N+](=O)[O-])c1. The van der Waals surface area contributed by atoms with E-state index in [2.05, 4.69) is 5.32 Å². The molecule has 0 aliphatic heterocycles. The monoisotopic (exact) mass is 237 g/mol. The highest BCUT2D eigenvalue weighted by Crippen LogP contribution is 2.20. The van der Waals surface area contributed by atoms with Gasteiger partial charge in [-0.15, -0.1) is 0 Å². The summed E-state index contributed by atoms with van der Waals surface area (Å²) in [5.74, 6) is 0.377. The van der Waals surface area contributed by atoms with Crippen molar-refractivity contribution in [3.05, 3.63) is 33.9 Å². The van der Waals surface area contributed by atoms with E-state index < -0.39 is 0 Å². The number of nitrogens with two attached hydrogens (primary N) is 1. The third-order valence-electron chi connectivity index (χ3n) is 2.67. The minimum Gasteiger partial charge on any atom is -0.383 e. The molecular weight excluding hydrogens is 218 g/mol. The fourth-order valence-corrected chi connectivity index (χ4v) is 1.44. The van der Waals surface area contributed by atoms with E-state index in [0.29, 0.717) is 12.5 Å². The normalized spacial score (nSPS) is 12.5. The van der Waals surface area contributed by atoms with Gasteiger partial charge in [0.15, 0.2) is 0 Å². The Hall–Kier alpha value is -1.62. The number of nitro groups is 1. The van der Waals surface area contributed by atoms with Crippen LogP contribution in [0.1, 0.15) is 19.4 Å². The second kappa shape index (κ2) is 5.63. The predicted octanol–water partition coefficient (Wildman–Crippen LogP) is 2.30. The summed E-state index contributed by atoms with van der Waals surface area (Å²) in [4.78, 5) is 10.3. The predicted molar refractivity (Wildman–Crippen MR) is 69.1 cm³/mol. The molecule has 0 amide bonds. The maximum atomic E-state index is 10.7. The maximum Gasteiger partial charge on any atom is 0.271 e. The zero-order valence-electron chi connectivity index (χ0n) is 10.4. The molecule has 17 heavy (non-hydrogen) atoms. The van der Waals surface area contributed by atoms with Gasteiger partial charge in [0.05, 0.1) is 4.92 Å². The van der Waals surface area contributed by atoms with Gasteiger partial charge in [0, 0.05) is 30.4 Å². The lowest BCUT2D eigenvalue weighted by Gasteiger charge is -2.17. The lowest BCUT2D eigenvalue weighted by Crippen LogP contribution is -2.34. The van der Waals surface area contributed by atoms with E-state index in [1.165, 1.54) is 6.07 Å². The number of non-ortho nitro benzene ring substituents is 1. The van der Waals surface area contributed by atoms with E-state index in [1.54, 1.807) is 6.07 Å². The van der Waals surface area contributed by atoms with Crippen LogP contribution in [-0.2, 0) is 0 Å². The molecule has 1 rings (SSSR count). The van der Waals surface area contributed by atoms with Crippen LogP contribution in [0.3, 0.4) is 0 Å². The van der Waals surface area contributed by atoms with E-state index in [-0.39, 0.29) is 16.7 Å². The van der Waals surface area contributed by atoms with Gasteiger partial charge in [-0.2, -0.15) is 0 Å². The zero-order chi connectivity index (χ0) is 13.0. The maximum absolute atomic E-state index is 10.7. The largest absolute Gasteiger partial charge is 0.383 e. The van der Waals surface area contributed by atoms with Crippen molar-refractivity contribution < 1.29 is 4.92 Å². The minimum atomic E-state index is -0.388. The highest BCUT2D eigenvalue weighted by molar-refractivity contribution is 5.53. The van der Waals surface area contributed by atoms with Gasteiger partial charge in [-0.05, 0) is 24.5 Å². The van der Waals surface area contributed by atoms with Gasteiger partial charge in [0.2, 0.25) is 0 Å². The van der Waals surface area contributed by atoms with Crippen molar-refractivity contribution in [3.8, 4) is 0 Å². The lowest BCUT2D eigenvalue weighted by molar-refractivity contribution is -0.384. The Kier molecular flexibility index (Phi) is 4.45. The molecule has 0 saturated heterocycles. The van der Waals surface area contributed by atoms with Gasteiger partial charge >= 0.3 is 0 Å². The van der Waals surface area contributed by atoms with Crippen LogP contribution in [0.15, 0.2) is 18.2 Å². The molecule has 0 saturated carbocycles. The Labute approximate surface area is 101 Å². The van der Waals surface area contributed by atoms with E-state index in [1.807, 2.05) is 26.8 Å². The van der Waals surface area contributed by atoms with E-state index in [0.717, 1.165) is 11.3 Å². The first kappa shape index (κ1) is 13.4. The van der Waals surface area contributed by atoms with Crippen molar-refractivity contribution in [1.82, 2.24) is 0 Å². The Morgan fingerprint density at radius 3 is 2.59 bits per heavy atom. The third-order valence-corrected chi connectivity index (χ3v) is 2.67.